The number of nitrogens with zero attached hydrogens (tertiary/aromatic N) is 2. The molecule has 0 aliphatic heterocycles. The molecule has 0 N–H and O–H groups in total. The molecule has 0 spiro atoms. The summed E-state index contributed by atoms with van der Waals surface area (Å²) in [5.41, 5.74) is -0.634. The van der Waals surface area contributed by atoms with Crippen molar-refractivity contribution < 1.29 is 14.6 Å². The second kappa shape index (κ2) is 6.31. The zero-order valence-electron chi connectivity index (χ0n) is 11.1. The maximum Gasteiger partial charge on any atom is 0.294 e. The van der Waals surface area contributed by atoms with Crippen LogP contribution < -0.4 is 0 Å². The maximum absolute atomic E-state index is 12.1. The summed E-state index contributed by atoms with van der Waals surface area (Å²) in [7, 11) is 0. The van der Waals surface area contributed by atoms with E-state index in [4.69, 9.17) is 11.6 Å². The Morgan fingerprint density at radius 1 is 1.00 bits per heavy atom. The molecule has 0 saturated carbocycles. The molecule has 2 aromatic rings. The van der Waals surface area contributed by atoms with Gasteiger partial charge in [-0.05, 0) is 6.07 Å². The molecule has 0 aliphatic carbocycles. The summed E-state index contributed by atoms with van der Waals surface area (Å²) in [4.78, 5) is 32.4. The van der Waals surface area contributed by atoms with Crippen LogP contribution in [0.4, 0.5) is 11.4 Å². The summed E-state index contributed by atoms with van der Waals surface area (Å²) in [5.74, 6) is -0.339. The SMILES string of the molecule is O=C(Cc1cc(Cl)c([N+](=O)[O-])cc1[N+](=O)[O-])c1ccccc1. The first-order valence-corrected chi connectivity index (χ1v) is 6.47. The topological polar surface area (TPSA) is 103 Å². The van der Waals surface area contributed by atoms with Crippen LogP contribution in [-0.4, -0.2) is 15.6 Å². The molecule has 0 atom stereocenters. The van der Waals surface area contributed by atoms with Crippen LogP contribution in [-0.2, 0) is 6.42 Å². The largest absolute Gasteiger partial charge is 0.294 e. The van der Waals surface area contributed by atoms with Crippen LogP contribution in [0.25, 0.3) is 0 Å². The van der Waals surface area contributed by atoms with Gasteiger partial charge in [-0.1, -0.05) is 41.9 Å². The van der Waals surface area contributed by atoms with E-state index < -0.39 is 21.2 Å². The van der Waals surface area contributed by atoms with Crippen LogP contribution in [0.5, 0.6) is 0 Å². The Bertz CT molecular complexity index is 761. The van der Waals surface area contributed by atoms with Gasteiger partial charge in [-0.15, -0.1) is 0 Å². The first kappa shape index (κ1) is 15.6. The Hall–Kier alpha value is -2.80. The minimum Gasteiger partial charge on any atom is -0.294 e. The second-order valence-electron chi connectivity index (χ2n) is 4.41. The van der Waals surface area contributed by atoms with Gasteiger partial charge in [0.25, 0.3) is 11.4 Å². The smallest absolute Gasteiger partial charge is 0.294 e. The monoisotopic (exact) mass is 320 g/mol. The molecule has 0 aliphatic rings. The number of carbonyl (C=O) groups is 1. The third kappa shape index (κ3) is 3.26. The van der Waals surface area contributed by atoms with Gasteiger partial charge in [-0.3, -0.25) is 25.0 Å². The highest BCUT2D eigenvalue weighted by atomic mass is 35.5. The standard InChI is InChI=1S/C14H9ClN2O5/c15-11-6-10(7-14(18)9-4-2-1-3-5-9)12(16(19)20)8-13(11)17(21)22/h1-6,8H,7H2. The number of benzene rings is 2. The van der Waals surface area contributed by atoms with Gasteiger partial charge in [-0.2, -0.15) is 0 Å². The maximum atomic E-state index is 12.1. The predicted octanol–water partition coefficient (Wildman–Crippen LogP) is 3.58. The average Bonchev–Trinajstić information content (AvgIpc) is 2.47. The number of hydrogen-bond donors (Lipinski definition) is 0. The van der Waals surface area contributed by atoms with E-state index in [1.807, 2.05) is 0 Å². The van der Waals surface area contributed by atoms with Crippen molar-refractivity contribution in [3.8, 4) is 0 Å². The van der Waals surface area contributed by atoms with Crippen molar-refractivity contribution in [2.75, 3.05) is 0 Å². The fourth-order valence-electron chi connectivity index (χ4n) is 1.94. The molecule has 0 saturated heterocycles. The lowest BCUT2D eigenvalue weighted by atomic mass is 10.0. The second-order valence-corrected chi connectivity index (χ2v) is 4.82. The summed E-state index contributed by atoms with van der Waals surface area (Å²) in [6.45, 7) is 0. The van der Waals surface area contributed by atoms with Crippen LogP contribution in [0.15, 0.2) is 42.5 Å². The van der Waals surface area contributed by atoms with Crippen molar-refractivity contribution in [1.82, 2.24) is 0 Å². The fourth-order valence-corrected chi connectivity index (χ4v) is 2.20. The zero-order valence-corrected chi connectivity index (χ0v) is 11.8. The Morgan fingerprint density at radius 2 is 1.59 bits per heavy atom. The first-order chi connectivity index (χ1) is 10.4. The number of halogens is 1. The quantitative estimate of drug-likeness (QED) is 0.475. The average molecular weight is 321 g/mol. The predicted molar refractivity (Wildman–Crippen MR) is 79.2 cm³/mol. The van der Waals surface area contributed by atoms with Crippen LogP contribution in [0.3, 0.4) is 0 Å². The third-order valence-corrected chi connectivity index (χ3v) is 3.29. The molecule has 0 radical (unpaired) electrons. The van der Waals surface area contributed by atoms with Crippen molar-refractivity contribution in [2.45, 2.75) is 6.42 Å². The van der Waals surface area contributed by atoms with Gasteiger partial charge >= 0.3 is 0 Å². The van der Waals surface area contributed by atoms with Crippen LogP contribution in [0.2, 0.25) is 5.02 Å². The first-order valence-electron chi connectivity index (χ1n) is 6.09. The van der Waals surface area contributed by atoms with Gasteiger partial charge in [0.05, 0.1) is 15.9 Å². The number of ketones is 1. The van der Waals surface area contributed by atoms with E-state index in [2.05, 4.69) is 0 Å². The summed E-state index contributed by atoms with van der Waals surface area (Å²) in [6.07, 6.45) is -0.266. The summed E-state index contributed by atoms with van der Waals surface area (Å²) in [5, 5.41) is 21.6. The van der Waals surface area contributed by atoms with Gasteiger partial charge in [0.15, 0.2) is 5.78 Å². The number of nitro groups is 2. The highest BCUT2D eigenvalue weighted by molar-refractivity contribution is 6.32. The lowest BCUT2D eigenvalue weighted by Gasteiger charge is -2.04. The van der Waals surface area contributed by atoms with E-state index in [0.29, 0.717) is 5.56 Å². The normalized spacial score (nSPS) is 10.2. The number of hydrogen-bond acceptors (Lipinski definition) is 5. The molecule has 2 rings (SSSR count). The Labute approximate surface area is 129 Å². The van der Waals surface area contributed by atoms with Crippen molar-refractivity contribution in [1.29, 1.82) is 0 Å². The van der Waals surface area contributed by atoms with Crippen molar-refractivity contribution in [2.24, 2.45) is 0 Å². The van der Waals surface area contributed by atoms with Crippen LogP contribution in [0.1, 0.15) is 15.9 Å². The zero-order chi connectivity index (χ0) is 16.3. The minimum absolute atomic E-state index is 0.0365. The highest BCUT2D eigenvalue weighted by Gasteiger charge is 2.25. The molecule has 2 aromatic carbocycles. The molecule has 7 nitrogen and oxygen atoms in total. The fraction of sp³-hybridized carbons (Fsp3) is 0.0714. The molecular weight excluding hydrogens is 312 g/mol. The molecule has 112 valence electrons. The van der Waals surface area contributed by atoms with Gasteiger partial charge in [0.1, 0.15) is 5.02 Å². The van der Waals surface area contributed by atoms with E-state index in [1.54, 1.807) is 30.3 Å². The molecule has 0 fully saturated rings. The van der Waals surface area contributed by atoms with E-state index in [9.17, 15) is 25.0 Å². The molecule has 0 heterocycles. The Kier molecular flexibility index (Phi) is 4.47. The summed E-state index contributed by atoms with van der Waals surface area (Å²) >= 11 is 5.75. The number of Topliss-reactive ketones (excluding diaryl/α,β-unsaturated/α-hetero) is 1. The highest BCUT2D eigenvalue weighted by Crippen LogP contribution is 2.32. The lowest BCUT2D eigenvalue weighted by molar-refractivity contribution is -0.394. The number of carbonyl (C=O) groups excluding carboxylic acids is 1. The van der Waals surface area contributed by atoms with Crippen molar-refractivity contribution >= 4 is 28.8 Å². The Morgan fingerprint density at radius 3 is 2.14 bits per heavy atom. The van der Waals surface area contributed by atoms with Crippen LogP contribution in [0, 0.1) is 20.2 Å². The minimum atomic E-state index is -0.807. The van der Waals surface area contributed by atoms with Crippen molar-refractivity contribution in [3.05, 3.63) is 78.8 Å². The molecule has 0 bridgehead atoms. The van der Waals surface area contributed by atoms with E-state index in [-0.39, 0.29) is 22.8 Å². The van der Waals surface area contributed by atoms with Gasteiger partial charge in [0.2, 0.25) is 0 Å². The van der Waals surface area contributed by atoms with Crippen LogP contribution >= 0.6 is 11.6 Å². The molecule has 0 amide bonds. The van der Waals surface area contributed by atoms with Crippen molar-refractivity contribution in [3.63, 3.8) is 0 Å². The Balaban J connectivity index is 2.42. The molecule has 8 heteroatoms. The third-order valence-electron chi connectivity index (χ3n) is 2.99. The van der Waals surface area contributed by atoms with Gasteiger partial charge in [0, 0.05) is 17.5 Å². The van der Waals surface area contributed by atoms with E-state index >= 15 is 0 Å². The van der Waals surface area contributed by atoms with E-state index in [1.165, 1.54) is 0 Å². The van der Waals surface area contributed by atoms with Gasteiger partial charge in [-0.25, -0.2) is 0 Å². The summed E-state index contributed by atoms with van der Waals surface area (Å²) < 4.78 is 0. The van der Waals surface area contributed by atoms with E-state index in [0.717, 1.165) is 12.1 Å². The van der Waals surface area contributed by atoms with Gasteiger partial charge < -0.3 is 0 Å². The summed E-state index contributed by atoms with van der Waals surface area (Å²) in [6, 6.07) is 10.1. The molecular formula is C14H9ClN2O5. The molecule has 22 heavy (non-hydrogen) atoms. The molecule has 0 aromatic heterocycles. The number of nitro benzene ring substituents is 2. The number of rotatable bonds is 5. The molecule has 0 unspecified atom stereocenters. The lowest BCUT2D eigenvalue weighted by Crippen LogP contribution is -2.06.